The van der Waals surface area contributed by atoms with Gasteiger partial charge in [-0.25, -0.2) is 0 Å². The van der Waals surface area contributed by atoms with Gasteiger partial charge >= 0.3 is 0 Å². The minimum Gasteiger partial charge on any atom is -0.455 e. The molecule has 0 spiro atoms. The van der Waals surface area contributed by atoms with Crippen molar-refractivity contribution in [3.63, 3.8) is 0 Å². The molecule has 0 atom stereocenters. The molecule has 0 amide bonds. The third kappa shape index (κ3) is 3.99. The highest BCUT2D eigenvalue weighted by Crippen LogP contribution is 2.60. The van der Waals surface area contributed by atoms with Gasteiger partial charge in [0.2, 0.25) is 0 Å². The van der Waals surface area contributed by atoms with Crippen LogP contribution in [0.3, 0.4) is 0 Å². The van der Waals surface area contributed by atoms with E-state index >= 15 is 0 Å². The first-order chi connectivity index (χ1) is 23.7. The van der Waals surface area contributed by atoms with Crippen LogP contribution in [0.2, 0.25) is 0 Å². The van der Waals surface area contributed by atoms with E-state index in [-0.39, 0.29) is 0 Å². The number of furan rings is 2. The van der Waals surface area contributed by atoms with Crippen LogP contribution in [-0.4, -0.2) is 0 Å². The molecule has 0 saturated heterocycles. The second kappa shape index (κ2) is 9.97. The van der Waals surface area contributed by atoms with E-state index < -0.39 is 0 Å². The van der Waals surface area contributed by atoms with E-state index in [0.29, 0.717) is 5.41 Å². The number of hydrogen-bond donors (Lipinski definition) is 0. The maximum Gasteiger partial charge on any atom is 0.143 e. The number of benzene rings is 6. The molecule has 48 heavy (non-hydrogen) atoms. The molecular formula is C46H36O2. The Labute approximate surface area is 280 Å². The van der Waals surface area contributed by atoms with Crippen LogP contribution in [0.1, 0.15) is 44.1 Å². The standard InChI is InChI=1S/C46H36O2/c1-3-13-42-38(7-1)40-11-5-9-36(44(40)47-42)33-22-32(23-34(24-33)37-10-6-12-41-39-8-2-4-14-43(39)48-45(37)41)31-15-17-35(18-16-31)46-25-28-19-29(26-46)21-30(20-28)27-46/h1-18,22-24,28-30H,19-21,25-27H2. The lowest BCUT2D eigenvalue weighted by Gasteiger charge is -2.57. The molecule has 12 rings (SSSR count). The number of hydrogen-bond acceptors (Lipinski definition) is 2. The third-order valence-electron chi connectivity index (χ3n) is 12.2. The van der Waals surface area contributed by atoms with Gasteiger partial charge in [-0.1, -0.05) is 97.1 Å². The zero-order chi connectivity index (χ0) is 31.4. The van der Waals surface area contributed by atoms with Gasteiger partial charge in [0.15, 0.2) is 0 Å². The molecule has 4 fully saturated rings. The predicted molar refractivity (Wildman–Crippen MR) is 197 cm³/mol. The lowest BCUT2D eigenvalue weighted by molar-refractivity contribution is -0.00518. The van der Waals surface area contributed by atoms with Gasteiger partial charge in [-0.15, -0.1) is 0 Å². The zero-order valence-corrected chi connectivity index (χ0v) is 26.9. The van der Waals surface area contributed by atoms with Crippen LogP contribution < -0.4 is 0 Å². The molecule has 0 aliphatic heterocycles. The second-order valence-corrected chi connectivity index (χ2v) is 15.1. The average molecular weight is 621 g/mol. The van der Waals surface area contributed by atoms with Crippen LogP contribution in [0.5, 0.6) is 0 Å². The summed E-state index contributed by atoms with van der Waals surface area (Å²) in [5, 5.41) is 4.60. The summed E-state index contributed by atoms with van der Waals surface area (Å²) in [7, 11) is 0. The molecule has 0 radical (unpaired) electrons. The Kier molecular flexibility index (Phi) is 5.59. The Morgan fingerprint density at radius 3 is 1.40 bits per heavy atom. The van der Waals surface area contributed by atoms with Gasteiger partial charge in [-0.2, -0.15) is 0 Å². The molecule has 232 valence electrons. The quantitative estimate of drug-likeness (QED) is 0.196. The summed E-state index contributed by atoms with van der Waals surface area (Å²) in [6.07, 6.45) is 8.59. The summed E-state index contributed by atoms with van der Waals surface area (Å²) in [6.45, 7) is 0. The van der Waals surface area contributed by atoms with Crippen LogP contribution in [-0.2, 0) is 5.41 Å². The Bertz CT molecular complexity index is 2370. The maximum atomic E-state index is 6.55. The summed E-state index contributed by atoms with van der Waals surface area (Å²) in [6, 6.07) is 46.5. The minimum atomic E-state index is 0.397. The molecule has 0 N–H and O–H groups in total. The molecule has 4 aliphatic carbocycles. The van der Waals surface area contributed by atoms with Crippen LogP contribution in [0, 0.1) is 17.8 Å². The SMILES string of the molecule is c1ccc2c(c1)oc1c(-c3cc(-c4ccc(C56CC7CC(CC(C7)C5)C6)cc4)cc(-c4cccc5c4oc4ccccc45)c3)cccc12. The van der Waals surface area contributed by atoms with E-state index in [1.807, 2.05) is 12.1 Å². The second-order valence-electron chi connectivity index (χ2n) is 15.1. The molecule has 2 heteroatoms. The highest BCUT2D eigenvalue weighted by molar-refractivity contribution is 6.11. The molecule has 6 aromatic carbocycles. The smallest absolute Gasteiger partial charge is 0.143 e. The monoisotopic (exact) mass is 620 g/mol. The number of rotatable bonds is 4. The van der Waals surface area contributed by atoms with Crippen LogP contribution in [0.4, 0.5) is 0 Å². The van der Waals surface area contributed by atoms with Crippen molar-refractivity contribution < 1.29 is 8.83 Å². The fourth-order valence-electron chi connectivity index (χ4n) is 10.5. The van der Waals surface area contributed by atoms with Crippen molar-refractivity contribution in [1.29, 1.82) is 0 Å². The molecule has 4 bridgehead atoms. The van der Waals surface area contributed by atoms with Crippen molar-refractivity contribution in [3.8, 4) is 33.4 Å². The lowest BCUT2D eigenvalue weighted by Crippen LogP contribution is -2.48. The molecule has 8 aromatic rings. The van der Waals surface area contributed by atoms with Gasteiger partial charge in [0.1, 0.15) is 22.3 Å². The van der Waals surface area contributed by atoms with E-state index in [9.17, 15) is 0 Å². The summed E-state index contributed by atoms with van der Waals surface area (Å²) >= 11 is 0. The van der Waals surface area contributed by atoms with E-state index in [2.05, 4.69) is 115 Å². The highest BCUT2D eigenvalue weighted by Gasteiger charge is 2.51. The largest absolute Gasteiger partial charge is 0.455 e. The van der Waals surface area contributed by atoms with Crippen molar-refractivity contribution in [2.45, 2.75) is 43.9 Å². The van der Waals surface area contributed by atoms with Crippen molar-refractivity contribution in [1.82, 2.24) is 0 Å². The van der Waals surface area contributed by atoms with Crippen molar-refractivity contribution in [2.24, 2.45) is 17.8 Å². The maximum absolute atomic E-state index is 6.55. The van der Waals surface area contributed by atoms with Crippen LogP contribution >= 0.6 is 0 Å². The fraction of sp³-hybridized carbons (Fsp3) is 0.217. The topological polar surface area (TPSA) is 26.3 Å². The van der Waals surface area contributed by atoms with Crippen LogP contribution in [0.15, 0.2) is 136 Å². The molecule has 4 aliphatic rings. The zero-order valence-electron chi connectivity index (χ0n) is 26.9. The summed E-state index contributed by atoms with van der Waals surface area (Å²) in [5.41, 5.74) is 12.6. The van der Waals surface area contributed by atoms with E-state index in [0.717, 1.165) is 83.9 Å². The molecule has 2 nitrogen and oxygen atoms in total. The first-order valence-electron chi connectivity index (χ1n) is 17.7. The Hall–Kier alpha value is -5.08. The van der Waals surface area contributed by atoms with Gasteiger partial charge in [0, 0.05) is 32.7 Å². The Morgan fingerprint density at radius 1 is 0.417 bits per heavy atom. The van der Waals surface area contributed by atoms with E-state index in [1.54, 1.807) is 5.56 Å². The van der Waals surface area contributed by atoms with Gasteiger partial charge in [-0.3, -0.25) is 0 Å². The van der Waals surface area contributed by atoms with E-state index in [1.165, 1.54) is 49.7 Å². The van der Waals surface area contributed by atoms with Gasteiger partial charge in [0.25, 0.3) is 0 Å². The molecular weight excluding hydrogens is 585 g/mol. The fourth-order valence-corrected chi connectivity index (χ4v) is 10.5. The molecule has 4 saturated carbocycles. The van der Waals surface area contributed by atoms with Gasteiger partial charge in [0.05, 0.1) is 0 Å². The first-order valence-corrected chi connectivity index (χ1v) is 17.7. The number of para-hydroxylation sites is 4. The first kappa shape index (κ1) is 26.9. The van der Waals surface area contributed by atoms with E-state index in [4.69, 9.17) is 8.83 Å². The Morgan fingerprint density at radius 2 is 0.875 bits per heavy atom. The van der Waals surface area contributed by atoms with Crippen molar-refractivity contribution >= 4 is 43.9 Å². The third-order valence-corrected chi connectivity index (χ3v) is 12.2. The predicted octanol–water partition coefficient (Wildman–Crippen LogP) is 13.0. The van der Waals surface area contributed by atoms with Gasteiger partial charge < -0.3 is 8.83 Å². The average Bonchev–Trinajstić information content (AvgIpc) is 3.70. The highest BCUT2D eigenvalue weighted by atomic mass is 16.3. The summed E-state index contributed by atoms with van der Waals surface area (Å²) in [5.74, 6) is 2.83. The Balaban J connectivity index is 1.10. The molecule has 0 unspecified atom stereocenters. The molecule has 2 heterocycles. The number of fused-ring (bicyclic) bond motifs is 6. The van der Waals surface area contributed by atoms with Gasteiger partial charge in [-0.05, 0) is 120 Å². The van der Waals surface area contributed by atoms with Crippen molar-refractivity contribution in [3.05, 3.63) is 133 Å². The minimum absolute atomic E-state index is 0.397. The summed E-state index contributed by atoms with van der Waals surface area (Å²) in [4.78, 5) is 0. The summed E-state index contributed by atoms with van der Waals surface area (Å²) < 4.78 is 13.1. The van der Waals surface area contributed by atoms with Crippen LogP contribution in [0.25, 0.3) is 77.3 Å². The lowest BCUT2D eigenvalue weighted by atomic mass is 9.48. The van der Waals surface area contributed by atoms with Crippen molar-refractivity contribution in [2.75, 3.05) is 0 Å². The normalized spacial score (nSPS) is 23.2. The molecule has 2 aromatic heterocycles.